The van der Waals surface area contributed by atoms with E-state index in [0.717, 1.165) is 35.5 Å². The smallest absolute Gasteiger partial charge is 0.213 e. The SMILES string of the molecule is C.C.C.CC(C)C.CC(C)C.CC(C)C.CCC(C)C.CCC(C)C.CCC(C)C.c1ncon1.c1nnco1.c1nncs1. The van der Waals surface area contributed by atoms with Gasteiger partial charge >= 0.3 is 0 Å². The minimum Gasteiger partial charge on any atom is -0.431 e. The monoisotopic (exact) mass is 665 g/mol. The summed E-state index contributed by atoms with van der Waals surface area (Å²) in [5.41, 5.74) is 3.36. The maximum atomic E-state index is 4.36. The lowest BCUT2D eigenvalue weighted by atomic mass is 10.2. The highest BCUT2D eigenvalue weighted by Crippen LogP contribution is 1.95. The summed E-state index contributed by atoms with van der Waals surface area (Å²) in [6.45, 7) is 39.4. The fourth-order valence-electron chi connectivity index (χ4n) is 0.408. The van der Waals surface area contributed by atoms with Crippen LogP contribution in [0, 0.1) is 35.5 Å². The van der Waals surface area contributed by atoms with Crippen molar-refractivity contribution in [3.8, 4) is 0 Å². The van der Waals surface area contributed by atoms with Gasteiger partial charge in [-0.15, -0.1) is 31.7 Å². The summed E-state index contributed by atoms with van der Waals surface area (Å²) in [7, 11) is 0. The molecule has 0 aromatic carbocycles. The van der Waals surface area contributed by atoms with Crippen molar-refractivity contribution in [2.75, 3.05) is 0 Å². The third kappa shape index (κ3) is 187. The predicted molar refractivity (Wildman–Crippen MR) is 206 cm³/mol. The lowest BCUT2D eigenvalue weighted by Crippen LogP contribution is -1.77. The van der Waals surface area contributed by atoms with Crippen LogP contribution in [0.1, 0.15) is 166 Å². The van der Waals surface area contributed by atoms with Gasteiger partial charge in [-0.2, -0.15) is 0 Å². The first-order valence-electron chi connectivity index (χ1n) is 15.6. The summed E-state index contributed by atoms with van der Waals surface area (Å²) in [6, 6.07) is 0. The fourth-order valence-corrected chi connectivity index (χ4v) is 0.680. The molecule has 0 aliphatic rings. The summed E-state index contributed by atoms with van der Waals surface area (Å²) in [6.07, 6.45) is 9.04. The average molecular weight is 665 g/mol. The second-order valence-corrected chi connectivity index (χ2v) is 13.0. The largest absolute Gasteiger partial charge is 0.431 e. The van der Waals surface area contributed by atoms with Crippen LogP contribution in [-0.2, 0) is 0 Å². The number of aromatic nitrogens is 6. The third-order valence-electron chi connectivity index (χ3n) is 3.30. The average Bonchev–Trinajstić information content (AvgIpc) is 3.71. The van der Waals surface area contributed by atoms with Crippen LogP contribution in [0.5, 0.6) is 0 Å². The number of rotatable bonds is 3. The Kier molecular flexibility index (Phi) is 88.7. The molecule has 3 aromatic heterocycles. The highest BCUT2D eigenvalue weighted by Gasteiger charge is 1.81. The lowest BCUT2D eigenvalue weighted by Gasteiger charge is -1.90. The van der Waals surface area contributed by atoms with E-state index in [-0.39, 0.29) is 22.3 Å². The molecule has 0 bridgehead atoms. The molecule has 0 saturated heterocycles. The highest BCUT2D eigenvalue weighted by molar-refractivity contribution is 7.07. The molecule has 8 nitrogen and oxygen atoms in total. The first kappa shape index (κ1) is 65.5. The molecule has 3 rings (SSSR count). The van der Waals surface area contributed by atoms with Gasteiger partial charge in [0, 0.05) is 0 Å². The van der Waals surface area contributed by atoms with Gasteiger partial charge in [-0.05, 0) is 35.5 Å². The normalized spacial score (nSPS) is 8.27. The van der Waals surface area contributed by atoms with Gasteiger partial charge in [0.1, 0.15) is 11.0 Å². The van der Waals surface area contributed by atoms with Crippen LogP contribution in [0.3, 0.4) is 0 Å². The van der Waals surface area contributed by atoms with Crippen molar-refractivity contribution >= 4 is 11.3 Å². The van der Waals surface area contributed by atoms with Crippen molar-refractivity contribution < 1.29 is 8.94 Å². The van der Waals surface area contributed by atoms with Crippen LogP contribution >= 0.6 is 11.3 Å². The molecular weight excluding hydrogens is 581 g/mol. The van der Waals surface area contributed by atoms with Gasteiger partial charge in [0.2, 0.25) is 19.2 Å². The van der Waals surface area contributed by atoms with Crippen LogP contribution in [0.15, 0.2) is 45.5 Å². The number of hydrogen-bond donors (Lipinski definition) is 0. The highest BCUT2D eigenvalue weighted by atomic mass is 32.1. The van der Waals surface area contributed by atoms with E-state index in [0.29, 0.717) is 0 Å². The summed E-state index contributed by atoms with van der Waals surface area (Å²) in [5, 5.41) is 16.8. The van der Waals surface area contributed by atoms with E-state index in [1.165, 1.54) is 56.1 Å². The van der Waals surface area contributed by atoms with E-state index in [9.17, 15) is 0 Å². The molecule has 3 heterocycles. The Bertz CT molecular complexity index is 519. The molecule has 0 aliphatic heterocycles. The standard InChI is InChI=1S/3C5H12.3C4H10.2C2H2N2O.C2H2N2S.3CH4/c3*1-4-5(2)3;3*1-4(2)3;1-3-4-2-5-1;1-3-2-5-4-1;1-3-4-2-5-1;;;/h3*5H,4H2,1-3H3;3*4H,1-3H3;3*1-2H;3*1H4. The first-order chi connectivity index (χ1) is 19.5. The molecule has 0 atom stereocenters. The van der Waals surface area contributed by atoms with Crippen LogP contribution in [0.2, 0.25) is 0 Å². The van der Waals surface area contributed by atoms with E-state index >= 15 is 0 Å². The molecule has 9 heteroatoms. The Morgan fingerprint density at radius 1 is 0.489 bits per heavy atom. The van der Waals surface area contributed by atoms with Crippen LogP contribution in [0.25, 0.3) is 0 Å². The topological polar surface area (TPSA) is 104 Å². The maximum absolute atomic E-state index is 4.36. The van der Waals surface area contributed by atoms with Gasteiger partial charge in [-0.1, -0.05) is 171 Å². The van der Waals surface area contributed by atoms with Gasteiger partial charge < -0.3 is 8.94 Å². The van der Waals surface area contributed by atoms with Crippen LogP contribution in [-0.4, -0.2) is 30.5 Å². The molecule has 276 valence electrons. The van der Waals surface area contributed by atoms with Crippen LogP contribution < -0.4 is 0 Å². The molecule has 0 fully saturated rings. The zero-order chi connectivity index (χ0) is 34.2. The van der Waals surface area contributed by atoms with Crippen molar-refractivity contribution in [2.45, 2.75) is 166 Å². The van der Waals surface area contributed by atoms with E-state index in [1.54, 1.807) is 11.0 Å². The van der Waals surface area contributed by atoms with E-state index in [4.69, 9.17) is 0 Å². The zero-order valence-electron chi connectivity index (χ0n) is 31.0. The number of nitrogens with zero attached hydrogens (tertiary/aromatic N) is 6. The molecular formula is C36H84N6O2S. The Labute approximate surface area is 288 Å². The van der Waals surface area contributed by atoms with Gasteiger partial charge in [-0.3, -0.25) is 0 Å². The Morgan fingerprint density at radius 3 is 0.822 bits per heavy atom. The summed E-state index contributed by atoms with van der Waals surface area (Å²) in [4.78, 5) is 3.44. The molecule has 0 amide bonds. The predicted octanol–water partition coefficient (Wildman–Crippen LogP) is 13.7. The number of hydrogen-bond acceptors (Lipinski definition) is 9. The minimum absolute atomic E-state index is 0. The van der Waals surface area contributed by atoms with Gasteiger partial charge in [0.05, 0.1) is 0 Å². The molecule has 0 unspecified atom stereocenters. The van der Waals surface area contributed by atoms with E-state index in [1.807, 2.05) is 0 Å². The Hall–Kier alpha value is -2.16. The van der Waals surface area contributed by atoms with Crippen molar-refractivity contribution in [1.29, 1.82) is 0 Å². The molecule has 45 heavy (non-hydrogen) atoms. The molecule has 0 radical (unpaired) electrons. The van der Waals surface area contributed by atoms with Gasteiger partial charge in [0.25, 0.3) is 0 Å². The van der Waals surface area contributed by atoms with E-state index in [2.05, 4.69) is 164 Å². The molecule has 3 aromatic rings. The molecule has 0 spiro atoms. The molecule has 0 saturated carbocycles. The van der Waals surface area contributed by atoms with Gasteiger partial charge in [0.15, 0.2) is 6.33 Å². The van der Waals surface area contributed by atoms with Crippen LogP contribution in [0.4, 0.5) is 0 Å². The summed E-state index contributed by atoms with van der Waals surface area (Å²) < 4.78 is 8.58. The van der Waals surface area contributed by atoms with Crippen molar-refractivity contribution in [1.82, 2.24) is 30.5 Å². The molecule has 0 aliphatic carbocycles. The quantitative estimate of drug-likeness (QED) is 0.272. The molecule has 0 N–H and O–H groups in total. The minimum atomic E-state index is 0. The fraction of sp³-hybridized carbons (Fsp3) is 0.833. The summed E-state index contributed by atoms with van der Waals surface area (Å²) >= 11 is 1.49. The maximum Gasteiger partial charge on any atom is 0.213 e. The summed E-state index contributed by atoms with van der Waals surface area (Å²) in [5.74, 6) is 5.15. The third-order valence-corrected chi connectivity index (χ3v) is 3.73. The van der Waals surface area contributed by atoms with Crippen molar-refractivity contribution in [3.05, 3.63) is 36.5 Å². The van der Waals surface area contributed by atoms with Gasteiger partial charge in [-0.25, -0.2) is 4.98 Å². The second-order valence-electron chi connectivity index (χ2n) is 12.3. The van der Waals surface area contributed by atoms with Crippen molar-refractivity contribution in [3.63, 3.8) is 0 Å². The first-order valence-corrected chi connectivity index (χ1v) is 16.5. The van der Waals surface area contributed by atoms with Crippen molar-refractivity contribution in [2.24, 2.45) is 35.5 Å². The van der Waals surface area contributed by atoms with E-state index < -0.39 is 0 Å². The lowest BCUT2D eigenvalue weighted by molar-refractivity contribution is 0.416. The second kappa shape index (κ2) is 60.9. The Balaban J connectivity index is -0.0000000460. The zero-order valence-corrected chi connectivity index (χ0v) is 31.8. The Morgan fingerprint density at radius 2 is 0.756 bits per heavy atom.